The van der Waals surface area contributed by atoms with Gasteiger partial charge in [0.25, 0.3) is 5.69 Å². The van der Waals surface area contributed by atoms with E-state index in [2.05, 4.69) is 15.0 Å². The highest BCUT2D eigenvalue weighted by Crippen LogP contribution is 2.44. The fourth-order valence-electron chi connectivity index (χ4n) is 4.61. The maximum atomic E-state index is 14.1. The summed E-state index contributed by atoms with van der Waals surface area (Å²) in [5, 5.41) is 24.6. The molecule has 0 fully saturated rings. The third-order valence-electron chi connectivity index (χ3n) is 6.64. The summed E-state index contributed by atoms with van der Waals surface area (Å²) in [4.78, 5) is 40.3. The fraction of sp³-hybridized carbons (Fsp3) is 0.433. The molecule has 0 bridgehead atoms. The molecule has 3 rings (SSSR count). The minimum absolute atomic E-state index is 0.0245. The van der Waals surface area contributed by atoms with Crippen molar-refractivity contribution in [3.05, 3.63) is 75.5 Å². The fourth-order valence-corrected chi connectivity index (χ4v) is 4.61. The number of benzene rings is 2. The van der Waals surface area contributed by atoms with Gasteiger partial charge >= 0.3 is 18.1 Å². The van der Waals surface area contributed by atoms with Gasteiger partial charge < -0.3 is 29.4 Å². The summed E-state index contributed by atoms with van der Waals surface area (Å²) < 4.78 is 63.5. The summed E-state index contributed by atoms with van der Waals surface area (Å²) in [6.07, 6.45) is -5.87. The van der Waals surface area contributed by atoms with Crippen molar-refractivity contribution in [2.45, 2.75) is 45.0 Å². The largest absolute Gasteiger partial charge is 0.487 e. The highest BCUT2D eigenvalue weighted by atomic mass is 19.4. The smallest absolute Gasteiger partial charge is 0.430 e. The van der Waals surface area contributed by atoms with E-state index >= 15 is 0 Å². The van der Waals surface area contributed by atoms with Crippen molar-refractivity contribution < 1.29 is 51.7 Å². The quantitative estimate of drug-likeness (QED) is 0.134. The number of esters is 2. The SMILES string of the molecule is COC(=O)C1C(C(F)(F)F)=NC(C)=C(C(=O)OCCOc2ccccc2OCC(O)CNC(C)C)C1c1cccc([N+](=O)[O-])c1. The number of nitrogens with zero attached hydrogens (tertiary/aromatic N) is 2. The van der Waals surface area contributed by atoms with Crippen LogP contribution >= 0.6 is 0 Å². The summed E-state index contributed by atoms with van der Waals surface area (Å²) in [5.74, 6) is -5.65. The van der Waals surface area contributed by atoms with Gasteiger partial charge in [-0.15, -0.1) is 0 Å². The molecule has 244 valence electrons. The molecule has 0 amide bonds. The van der Waals surface area contributed by atoms with E-state index < -0.39 is 58.0 Å². The Morgan fingerprint density at radius 2 is 1.76 bits per heavy atom. The lowest BCUT2D eigenvalue weighted by atomic mass is 9.75. The molecular formula is C30H34F3N3O9. The van der Waals surface area contributed by atoms with Gasteiger partial charge in [-0.2, -0.15) is 13.2 Å². The van der Waals surface area contributed by atoms with Crippen LogP contribution in [0.15, 0.2) is 64.8 Å². The predicted molar refractivity (Wildman–Crippen MR) is 155 cm³/mol. The minimum Gasteiger partial charge on any atom is -0.487 e. The Morgan fingerprint density at radius 3 is 2.36 bits per heavy atom. The molecule has 0 aromatic heterocycles. The van der Waals surface area contributed by atoms with Crippen LogP contribution in [0.3, 0.4) is 0 Å². The highest BCUT2D eigenvalue weighted by molar-refractivity contribution is 6.10. The van der Waals surface area contributed by atoms with Crippen molar-refractivity contribution in [1.29, 1.82) is 0 Å². The second-order valence-electron chi connectivity index (χ2n) is 10.3. The molecule has 1 heterocycles. The van der Waals surface area contributed by atoms with Gasteiger partial charge in [0.1, 0.15) is 37.6 Å². The van der Waals surface area contributed by atoms with E-state index in [0.29, 0.717) is 12.3 Å². The molecule has 2 N–H and O–H groups in total. The number of non-ortho nitro benzene ring substituents is 1. The molecule has 45 heavy (non-hydrogen) atoms. The number of ether oxygens (including phenoxy) is 4. The number of carbonyl (C=O) groups excluding carboxylic acids is 2. The van der Waals surface area contributed by atoms with Gasteiger partial charge in [0.15, 0.2) is 11.5 Å². The van der Waals surface area contributed by atoms with Crippen LogP contribution in [0.1, 0.15) is 32.3 Å². The molecular weight excluding hydrogens is 603 g/mol. The van der Waals surface area contributed by atoms with E-state index in [0.717, 1.165) is 26.2 Å². The molecule has 3 unspecified atom stereocenters. The standard InChI is InChI=1S/C30H34F3N3O9/c1-17(2)34-15-21(37)16-45-23-11-6-5-10-22(23)43-12-13-44-29(39)24-18(3)35-27(30(31,32)33)26(28(38)42-4)25(24)19-8-7-9-20(14-19)36(40)41/h5-11,14,17,21,25-26,34,37H,12-13,15-16H2,1-4H3. The number of alkyl halides is 3. The van der Waals surface area contributed by atoms with Crippen molar-refractivity contribution in [3.8, 4) is 11.5 Å². The number of nitro benzene ring substituents is 1. The molecule has 2 aromatic carbocycles. The number of rotatable bonds is 14. The van der Waals surface area contributed by atoms with Crippen LogP contribution in [0, 0.1) is 16.0 Å². The van der Waals surface area contributed by atoms with Crippen LogP contribution < -0.4 is 14.8 Å². The number of hydrogen-bond acceptors (Lipinski definition) is 11. The van der Waals surface area contributed by atoms with Crippen molar-refractivity contribution >= 4 is 23.3 Å². The first-order chi connectivity index (χ1) is 21.2. The third kappa shape index (κ3) is 9.25. The number of hydrogen-bond donors (Lipinski definition) is 2. The monoisotopic (exact) mass is 637 g/mol. The van der Waals surface area contributed by atoms with Gasteiger partial charge in [-0.25, -0.2) is 4.79 Å². The number of para-hydroxylation sites is 2. The lowest BCUT2D eigenvalue weighted by Gasteiger charge is -2.32. The Balaban J connectivity index is 1.81. The second kappa shape index (κ2) is 15.5. The number of halogens is 3. The van der Waals surface area contributed by atoms with Crippen molar-refractivity contribution in [1.82, 2.24) is 5.32 Å². The molecule has 0 radical (unpaired) electrons. The summed E-state index contributed by atoms with van der Waals surface area (Å²) in [7, 11) is 0.881. The maximum absolute atomic E-state index is 14.1. The Bertz CT molecular complexity index is 1440. The second-order valence-corrected chi connectivity index (χ2v) is 10.3. The average molecular weight is 638 g/mol. The average Bonchev–Trinajstić information content (AvgIpc) is 3.00. The molecule has 0 saturated heterocycles. The zero-order valence-electron chi connectivity index (χ0n) is 25.0. The van der Waals surface area contributed by atoms with Gasteiger partial charge in [-0.1, -0.05) is 38.1 Å². The van der Waals surface area contributed by atoms with E-state index in [4.69, 9.17) is 14.2 Å². The molecule has 0 saturated carbocycles. The van der Waals surface area contributed by atoms with Crippen molar-refractivity contribution in [2.24, 2.45) is 10.9 Å². The first-order valence-corrected chi connectivity index (χ1v) is 13.9. The Hall–Kier alpha value is -4.50. The third-order valence-corrected chi connectivity index (χ3v) is 6.64. The lowest BCUT2D eigenvalue weighted by molar-refractivity contribution is -0.384. The number of aliphatic imine (C=N–C) groups is 1. The number of nitrogens with one attached hydrogen (secondary N) is 1. The van der Waals surface area contributed by atoms with Gasteiger partial charge in [-0.05, 0) is 24.6 Å². The zero-order chi connectivity index (χ0) is 33.3. The molecule has 15 heteroatoms. The molecule has 0 aliphatic carbocycles. The summed E-state index contributed by atoms with van der Waals surface area (Å²) in [6.45, 7) is 4.75. The number of aliphatic hydroxyl groups excluding tert-OH is 1. The predicted octanol–water partition coefficient (Wildman–Crippen LogP) is 4.12. The summed E-state index contributed by atoms with van der Waals surface area (Å²) >= 11 is 0. The van der Waals surface area contributed by atoms with Crippen LogP contribution in [-0.2, 0) is 19.1 Å². The molecule has 1 aliphatic heterocycles. The Kier molecular flexibility index (Phi) is 12.0. The van der Waals surface area contributed by atoms with Crippen LogP contribution in [0.2, 0.25) is 0 Å². The topological polar surface area (TPSA) is 159 Å². The van der Waals surface area contributed by atoms with Gasteiger partial charge in [0.05, 0.1) is 17.6 Å². The summed E-state index contributed by atoms with van der Waals surface area (Å²) in [5.41, 5.74) is -2.86. The van der Waals surface area contributed by atoms with E-state index in [-0.39, 0.29) is 42.9 Å². The maximum Gasteiger partial charge on any atom is 0.430 e. The Morgan fingerprint density at radius 1 is 1.09 bits per heavy atom. The van der Waals surface area contributed by atoms with Crippen LogP contribution in [0.25, 0.3) is 0 Å². The van der Waals surface area contributed by atoms with Crippen molar-refractivity contribution in [3.63, 3.8) is 0 Å². The minimum atomic E-state index is -5.08. The number of methoxy groups -OCH3 is 1. The molecule has 0 spiro atoms. The number of carbonyl (C=O) groups is 2. The van der Waals surface area contributed by atoms with E-state index in [1.807, 2.05) is 13.8 Å². The highest BCUT2D eigenvalue weighted by Gasteiger charge is 2.52. The number of nitro groups is 1. The first-order valence-electron chi connectivity index (χ1n) is 13.9. The van der Waals surface area contributed by atoms with Gasteiger partial charge in [-0.3, -0.25) is 19.9 Å². The number of allylic oxidation sites excluding steroid dienone is 1. The van der Waals surface area contributed by atoms with E-state index in [1.165, 1.54) is 12.1 Å². The van der Waals surface area contributed by atoms with E-state index in [1.54, 1.807) is 24.3 Å². The lowest BCUT2D eigenvalue weighted by Crippen LogP contribution is -2.43. The first kappa shape index (κ1) is 35.0. The van der Waals surface area contributed by atoms with Crippen LogP contribution in [0.4, 0.5) is 18.9 Å². The summed E-state index contributed by atoms with van der Waals surface area (Å²) in [6, 6.07) is 11.4. The van der Waals surface area contributed by atoms with Crippen LogP contribution in [0.5, 0.6) is 11.5 Å². The van der Waals surface area contributed by atoms with Crippen molar-refractivity contribution in [2.75, 3.05) is 33.5 Å². The molecule has 12 nitrogen and oxygen atoms in total. The molecule has 2 aromatic rings. The van der Waals surface area contributed by atoms with E-state index in [9.17, 15) is 38.0 Å². The van der Waals surface area contributed by atoms with Gasteiger partial charge in [0.2, 0.25) is 0 Å². The Labute approximate surface area is 257 Å². The van der Waals surface area contributed by atoms with Crippen LogP contribution in [-0.4, -0.2) is 79.5 Å². The molecule has 3 atom stereocenters. The normalized spacial score (nSPS) is 17.4. The number of aliphatic hydroxyl groups is 1. The van der Waals surface area contributed by atoms with Gasteiger partial charge in [0, 0.05) is 36.3 Å². The zero-order valence-corrected chi connectivity index (χ0v) is 25.0. The molecule has 1 aliphatic rings.